The topological polar surface area (TPSA) is 81.5 Å². The van der Waals surface area contributed by atoms with E-state index in [2.05, 4.69) is 20.2 Å². The van der Waals surface area contributed by atoms with Crippen LogP contribution in [0, 0.1) is 5.82 Å². The first-order valence-corrected chi connectivity index (χ1v) is 10.3. The van der Waals surface area contributed by atoms with Crippen LogP contribution in [-0.4, -0.2) is 56.4 Å². The van der Waals surface area contributed by atoms with Gasteiger partial charge in [-0.1, -0.05) is 11.6 Å². The highest BCUT2D eigenvalue weighted by molar-refractivity contribution is 6.29. The van der Waals surface area contributed by atoms with Crippen molar-refractivity contribution in [1.82, 2.24) is 14.9 Å². The molecule has 0 aromatic carbocycles. The zero-order valence-electron chi connectivity index (χ0n) is 16.8. The molecule has 0 amide bonds. The van der Waals surface area contributed by atoms with E-state index in [1.807, 2.05) is 13.8 Å². The summed E-state index contributed by atoms with van der Waals surface area (Å²) >= 11 is 6.02. The van der Waals surface area contributed by atoms with E-state index < -0.39 is 11.4 Å². The quantitative estimate of drug-likeness (QED) is 0.593. The fourth-order valence-corrected chi connectivity index (χ4v) is 3.64. The summed E-state index contributed by atoms with van der Waals surface area (Å²) in [7, 11) is 0. The Morgan fingerprint density at radius 1 is 1.28 bits per heavy atom. The van der Waals surface area contributed by atoms with Crippen molar-refractivity contribution in [2.24, 2.45) is 0 Å². The number of piperidine rings is 1. The molecule has 29 heavy (non-hydrogen) atoms. The molecule has 2 aromatic rings. The molecule has 2 aromatic heterocycles. The molecule has 3 rings (SSSR count). The van der Waals surface area contributed by atoms with E-state index in [-0.39, 0.29) is 18.3 Å². The van der Waals surface area contributed by atoms with Crippen LogP contribution in [0.15, 0.2) is 24.5 Å². The van der Waals surface area contributed by atoms with Crippen LogP contribution in [0.5, 0.6) is 0 Å². The third kappa shape index (κ3) is 5.85. The zero-order valence-corrected chi connectivity index (χ0v) is 17.6. The Hall–Kier alpha value is -1.80. The Balaban J connectivity index is 1.78. The van der Waals surface area contributed by atoms with E-state index in [1.54, 1.807) is 12.3 Å². The van der Waals surface area contributed by atoms with Gasteiger partial charge < -0.3 is 15.5 Å². The molecule has 0 spiro atoms. The van der Waals surface area contributed by atoms with E-state index >= 15 is 0 Å². The van der Waals surface area contributed by atoms with Gasteiger partial charge in [-0.3, -0.25) is 9.88 Å². The number of nitrogens with one attached hydrogen (secondary N) is 1. The third-order valence-corrected chi connectivity index (χ3v) is 5.53. The molecule has 158 valence electrons. The van der Waals surface area contributed by atoms with Crippen LogP contribution in [0.25, 0.3) is 11.3 Å². The molecule has 0 bridgehead atoms. The second-order valence-corrected chi connectivity index (χ2v) is 8.44. The fraction of sp³-hybridized carbons (Fsp3) is 0.524. The largest absolute Gasteiger partial charge is 0.396 e. The number of pyridine rings is 2. The summed E-state index contributed by atoms with van der Waals surface area (Å²) in [5.41, 5.74) is 1.54. The highest BCUT2D eigenvalue weighted by atomic mass is 35.5. The van der Waals surface area contributed by atoms with Crippen LogP contribution in [-0.2, 0) is 6.54 Å². The number of halogens is 2. The predicted octanol–water partition coefficient (Wildman–Crippen LogP) is 3.47. The van der Waals surface area contributed by atoms with Gasteiger partial charge >= 0.3 is 0 Å². The van der Waals surface area contributed by atoms with Gasteiger partial charge in [0.1, 0.15) is 16.7 Å². The van der Waals surface area contributed by atoms with Crippen LogP contribution in [0.2, 0.25) is 5.15 Å². The lowest BCUT2D eigenvalue weighted by Gasteiger charge is -2.35. The summed E-state index contributed by atoms with van der Waals surface area (Å²) in [6.07, 6.45) is 5.16. The number of likely N-dealkylation sites (tertiary alicyclic amines) is 1. The smallest absolute Gasteiger partial charge is 0.149 e. The van der Waals surface area contributed by atoms with Gasteiger partial charge in [-0.2, -0.15) is 0 Å². The van der Waals surface area contributed by atoms with E-state index in [0.717, 1.165) is 18.7 Å². The van der Waals surface area contributed by atoms with Gasteiger partial charge in [0.15, 0.2) is 0 Å². The lowest BCUT2D eigenvalue weighted by Crippen LogP contribution is -2.41. The second-order valence-electron chi connectivity index (χ2n) is 8.06. The lowest BCUT2D eigenvalue weighted by molar-refractivity contribution is -0.00733. The molecule has 3 N–H and O–H groups in total. The maximum absolute atomic E-state index is 14.9. The van der Waals surface area contributed by atoms with Crippen LogP contribution in [0.3, 0.4) is 0 Å². The van der Waals surface area contributed by atoms with Gasteiger partial charge in [0.05, 0.1) is 5.60 Å². The van der Waals surface area contributed by atoms with Gasteiger partial charge in [-0.15, -0.1) is 0 Å². The van der Waals surface area contributed by atoms with Crippen molar-refractivity contribution >= 4 is 17.3 Å². The normalized spacial score (nSPS) is 17.9. The summed E-state index contributed by atoms with van der Waals surface area (Å²) in [6, 6.07) is 3.13. The summed E-state index contributed by atoms with van der Waals surface area (Å²) in [4.78, 5) is 10.6. The Labute approximate surface area is 175 Å². The zero-order chi connectivity index (χ0) is 21.0. The number of hydrogen-bond acceptors (Lipinski definition) is 6. The van der Waals surface area contributed by atoms with Gasteiger partial charge in [0.25, 0.3) is 0 Å². The average molecular weight is 423 g/mol. The minimum atomic E-state index is -0.609. The maximum Gasteiger partial charge on any atom is 0.149 e. The van der Waals surface area contributed by atoms with Crippen molar-refractivity contribution in [3.63, 3.8) is 0 Å². The minimum absolute atomic E-state index is 0.0177. The monoisotopic (exact) mass is 422 g/mol. The molecular weight excluding hydrogens is 395 g/mol. The molecule has 8 heteroatoms. The highest BCUT2D eigenvalue weighted by Crippen LogP contribution is 2.31. The standard InChI is InChI=1S/C21H28ClFN4O2/c1-14(3-8-28)26-18-10-19(22)24-12-16(18)20-17(23)9-15(11-25-20)13-27-6-4-21(2,29)5-7-27/h9-12,14,28-29H,3-8,13H2,1-2H3,(H,24,26)/t14-/m0/s1. The molecule has 0 unspecified atom stereocenters. The lowest BCUT2D eigenvalue weighted by atomic mass is 9.93. The van der Waals surface area contributed by atoms with Crippen LogP contribution in [0.4, 0.5) is 10.1 Å². The predicted molar refractivity (Wildman–Crippen MR) is 112 cm³/mol. The SMILES string of the molecule is C[C@@H](CCO)Nc1cc(Cl)ncc1-c1ncc(CN2CCC(C)(O)CC2)cc1F. The number of aliphatic hydroxyl groups is 2. The molecule has 3 heterocycles. The molecule has 1 saturated heterocycles. The third-order valence-electron chi connectivity index (χ3n) is 5.33. The first-order chi connectivity index (χ1) is 13.8. The number of nitrogens with zero attached hydrogens (tertiary/aromatic N) is 3. The molecule has 0 radical (unpaired) electrons. The molecule has 1 atom stereocenters. The van der Waals surface area contributed by atoms with Crippen molar-refractivity contribution in [3.05, 3.63) is 41.1 Å². The summed E-state index contributed by atoms with van der Waals surface area (Å²) < 4.78 is 14.9. The molecule has 0 aliphatic carbocycles. The Bertz CT molecular complexity index is 839. The van der Waals surface area contributed by atoms with Crippen molar-refractivity contribution in [1.29, 1.82) is 0 Å². The van der Waals surface area contributed by atoms with Gasteiger partial charge in [-0.25, -0.2) is 9.37 Å². The van der Waals surface area contributed by atoms with E-state index in [0.29, 0.717) is 42.2 Å². The van der Waals surface area contributed by atoms with E-state index in [4.69, 9.17) is 16.7 Å². The fourth-order valence-electron chi connectivity index (χ4n) is 3.48. The second kappa shape index (κ2) is 9.34. The summed E-state index contributed by atoms with van der Waals surface area (Å²) in [5, 5.41) is 22.7. The van der Waals surface area contributed by atoms with Crippen molar-refractivity contribution in [2.75, 3.05) is 25.0 Å². The number of anilines is 1. The molecule has 1 fully saturated rings. The first-order valence-electron chi connectivity index (χ1n) is 9.90. The van der Waals surface area contributed by atoms with Gasteiger partial charge in [0, 0.05) is 55.9 Å². The number of aromatic nitrogens is 2. The summed E-state index contributed by atoms with van der Waals surface area (Å²) in [6.45, 7) is 5.97. The maximum atomic E-state index is 14.9. The van der Waals surface area contributed by atoms with E-state index in [9.17, 15) is 9.50 Å². The molecule has 0 saturated carbocycles. The van der Waals surface area contributed by atoms with Crippen molar-refractivity contribution < 1.29 is 14.6 Å². The van der Waals surface area contributed by atoms with Crippen LogP contribution in [0.1, 0.15) is 38.7 Å². The van der Waals surface area contributed by atoms with Crippen LogP contribution >= 0.6 is 11.6 Å². The Kier molecular flexibility index (Phi) is 7.05. The van der Waals surface area contributed by atoms with Crippen molar-refractivity contribution in [2.45, 2.75) is 51.3 Å². The minimum Gasteiger partial charge on any atom is -0.396 e. The Morgan fingerprint density at radius 3 is 2.66 bits per heavy atom. The van der Waals surface area contributed by atoms with Gasteiger partial charge in [-0.05, 0) is 50.8 Å². The summed E-state index contributed by atoms with van der Waals surface area (Å²) in [5.74, 6) is -0.423. The number of rotatable bonds is 7. The Morgan fingerprint density at radius 2 is 2.00 bits per heavy atom. The first kappa shape index (κ1) is 21.9. The van der Waals surface area contributed by atoms with E-state index in [1.165, 1.54) is 12.3 Å². The molecule has 1 aliphatic heterocycles. The van der Waals surface area contributed by atoms with Crippen LogP contribution < -0.4 is 5.32 Å². The molecule has 6 nitrogen and oxygen atoms in total. The highest BCUT2D eigenvalue weighted by Gasteiger charge is 2.27. The van der Waals surface area contributed by atoms with Gasteiger partial charge in [0.2, 0.25) is 0 Å². The number of hydrogen-bond donors (Lipinski definition) is 3. The molecular formula is C21H28ClFN4O2. The van der Waals surface area contributed by atoms with Crippen molar-refractivity contribution in [3.8, 4) is 11.3 Å². The average Bonchev–Trinajstić information content (AvgIpc) is 2.65. The molecule has 1 aliphatic rings. The number of aliphatic hydroxyl groups excluding tert-OH is 1.